The number of carbonyl (C=O) groups excluding carboxylic acids is 3. The number of anilines is 1. The third-order valence-corrected chi connectivity index (χ3v) is 5.96. The first-order valence-electron chi connectivity index (χ1n) is 11.3. The Hall–Kier alpha value is -3.94. The van der Waals surface area contributed by atoms with Gasteiger partial charge in [0.05, 0.1) is 28.7 Å². The molecule has 1 aliphatic heterocycles. The summed E-state index contributed by atoms with van der Waals surface area (Å²) >= 11 is 0. The van der Waals surface area contributed by atoms with Crippen molar-refractivity contribution < 1.29 is 19.1 Å². The fraction of sp³-hybridized carbons (Fsp3) is 0.308. The Bertz CT molecular complexity index is 1170. The standard InChI is InChI=1S/C26H28N4O4/c1-18-25(19(2)30(28-18)22-11-7-4-8-12-22)27-23(31)17-34-26(33)21-15-24(32)29(16-21)14-13-20-9-5-3-6-10-20/h3-12,21H,13-17H2,1-2H3,(H,27,31)/t21-/m1/s1. The van der Waals surface area contributed by atoms with Gasteiger partial charge >= 0.3 is 5.97 Å². The normalized spacial score (nSPS) is 15.4. The summed E-state index contributed by atoms with van der Waals surface area (Å²) < 4.78 is 6.99. The van der Waals surface area contributed by atoms with Crippen LogP contribution in [0.2, 0.25) is 0 Å². The van der Waals surface area contributed by atoms with Crippen LogP contribution < -0.4 is 5.32 Å². The summed E-state index contributed by atoms with van der Waals surface area (Å²) in [4.78, 5) is 39.0. The molecule has 0 spiro atoms. The van der Waals surface area contributed by atoms with Gasteiger partial charge in [-0.1, -0.05) is 48.5 Å². The van der Waals surface area contributed by atoms with Crippen molar-refractivity contribution in [3.05, 3.63) is 77.6 Å². The van der Waals surface area contributed by atoms with Gasteiger partial charge in [0, 0.05) is 19.5 Å². The van der Waals surface area contributed by atoms with Crippen LogP contribution in [0.25, 0.3) is 5.69 Å². The number of hydrogen-bond acceptors (Lipinski definition) is 5. The van der Waals surface area contributed by atoms with Gasteiger partial charge in [0.15, 0.2) is 6.61 Å². The molecule has 34 heavy (non-hydrogen) atoms. The molecular formula is C26H28N4O4. The van der Waals surface area contributed by atoms with Crippen LogP contribution in [0.5, 0.6) is 0 Å². The maximum absolute atomic E-state index is 12.5. The number of nitrogens with one attached hydrogen (secondary N) is 1. The summed E-state index contributed by atoms with van der Waals surface area (Å²) in [6, 6.07) is 19.5. The largest absolute Gasteiger partial charge is 0.455 e. The van der Waals surface area contributed by atoms with Gasteiger partial charge < -0.3 is 15.0 Å². The second kappa shape index (κ2) is 10.3. The van der Waals surface area contributed by atoms with Crippen molar-refractivity contribution in [2.75, 3.05) is 25.0 Å². The highest BCUT2D eigenvalue weighted by Gasteiger charge is 2.35. The molecule has 4 rings (SSSR count). The number of esters is 1. The third kappa shape index (κ3) is 5.33. The molecule has 1 atom stereocenters. The maximum atomic E-state index is 12.5. The molecule has 1 saturated heterocycles. The van der Waals surface area contributed by atoms with Crippen LogP contribution in [-0.2, 0) is 25.5 Å². The highest BCUT2D eigenvalue weighted by Crippen LogP contribution is 2.23. The number of nitrogens with zero attached hydrogens (tertiary/aromatic N) is 3. The van der Waals surface area contributed by atoms with Gasteiger partial charge in [-0.3, -0.25) is 14.4 Å². The van der Waals surface area contributed by atoms with E-state index in [1.165, 1.54) is 0 Å². The average Bonchev–Trinajstić information content (AvgIpc) is 3.36. The first-order chi connectivity index (χ1) is 16.4. The number of amides is 2. The maximum Gasteiger partial charge on any atom is 0.311 e. The molecule has 2 aromatic carbocycles. The van der Waals surface area contributed by atoms with Crippen LogP contribution in [-0.4, -0.2) is 52.2 Å². The van der Waals surface area contributed by atoms with Crippen molar-refractivity contribution in [2.24, 2.45) is 5.92 Å². The predicted molar refractivity (Wildman–Crippen MR) is 127 cm³/mol. The fourth-order valence-corrected chi connectivity index (χ4v) is 4.13. The van der Waals surface area contributed by atoms with E-state index in [9.17, 15) is 14.4 Å². The van der Waals surface area contributed by atoms with Gasteiger partial charge in [0.25, 0.3) is 5.91 Å². The van der Waals surface area contributed by atoms with E-state index < -0.39 is 24.4 Å². The molecule has 1 N–H and O–H groups in total. The van der Waals surface area contributed by atoms with E-state index in [0.29, 0.717) is 24.5 Å². The van der Waals surface area contributed by atoms with E-state index in [-0.39, 0.29) is 12.3 Å². The monoisotopic (exact) mass is 460 g/mol. The number of rotatable bonds is 8. The number of ether oxygens (including phenoxy) is 1. The van der Waals surface area contributed by atoms with Gasteiger partial charge in [-0.25, -0.2) is 4.68 Å². The number of benzene rings is 2. The number of hydrogen-bond donors (Lipinski definition) is 1. The first-order valence-corrected chi connectivity index (χ1v) is 11.3. The molecule has 3 aromatic rings. The van der Waals surface area contributed by atoms with Gasteiger partial charge in [-0.2, -0.15) is 5.10 Å². The van der Waals surface area contributed by atoms with Gasteiger partial charge in [0.2, 0.25) is 5.91 Å². The topological polar surface area (TPSA) is 93.5 Å². The zero-order chi connectivity index (χ0) is 24.1. The Morgan fingerprint density at radius 1 is 1.06 bits per heavy atom. The molecular weight excluding hydrogens is 432 g/mol. The highest BCUT2D eigenvalue weighted by molar-refractivity contribution is 5.94. The van der Waals surface area contributed by atoms with E-state index in [1.807, 2.05) is 74.5 Å². The number of carbonyl (C=O) groups is 3. The van der Waals surface area contributed by atoms with Crippen molar-refractivity contribution in [3.63, 3.8) is 0 Å². The van der Waals surface area contributed by atoms with Crippen molar-refractivity contribution >= 4 is 23.5 Å². The van der Waals surface area contributed by atoms with E-state index in [4.69, 9.17) is 4.74 Å². The van der Waals surface area contributed by atoms with Gasteiger partial charge in [-0.05, 0) is 38.0 Å². The number of likely N-dealkylation sites (tertiary alicyclic amines) is 1. The second-order valence-electron chi connectivity index (χ2n) is 8.43. The van der Waals surface area contributed by atoms with Gasteiger partial charge in [-0.15, -0.1) is 0 Å². The predicted octanol–water partition coefficient (Wildman–Crippen LogP) is 3.06. The second-order valence-corrected chi connectivity index (χ2v) is 8.43. The molecule has 2 heterocycles. The number of para-hydroxylation sites is 1. The molecule has 0 unspecified atom stereocenters. The van der Waals surface area contributed by atoms with Crippen molar-refractivity contribution in [3.8, 4) is 5.69 Å². The van der Waals surface area contributed by atoms with Crippen molar-refractivity contribution in [1.29, 1.82) is 0 Å². The molecule has 1 aromatic heterocycles. The fourth-order valence-electron chi connectivity index (χ4n) is 4.13. The lowest BCUT2D eigenvalue weighted by Crippen LogP contribution is -2.29. The van der Waals surface area contributed by atoms with E-state index in [2.05, 4.69) is 10.4 Å². The third-order valence-electron chi connectivity index (χ3n) is 5.96. The zero-order valence-corrected chi connectivity index (χ0v) is 19.4. The molecule has 1 fully saturated rings. The van der Waals surface area contributed by atoms with E-state index in [0.717, 1.165) is 23.4 Å². The molecule has 8 heteroatoms. The molecule has 0 bridgehead atoms. The molecule has 0 saturated carbocycles. The molecule has 1 aliphatic rings. The molecule has 0 aliphatic carbocycles. The minimum absolute atomic E-state index is 0.0677. The number of aryl methyl sites for hydroxylation is 1. The minimum atomic E-state index is -0.555. The first kappa shape index (κ1) is 23.2. The number of aromatic nitrogens is 2. The van der Waals surface area contributed by atoms with E-state index in [1.54, 1.807) is 9.58 Å². The van der Waals surface area contributed by atoms with Crippen LogP contribution in [0.4, 0.5) is 5.69 Å². The van der Waals surface area contributed by atoms with Crippen molar-refractivity contribution in [2.45, 2.75) is 26.7 Å². The Balaban J connectivity index is 1.28. The quantitative estimate of drug-likeness (QED) is 0.522. The van der Waals surface area contributed by atoms with E-state index >= 15 is 0 Å². The summed E-state index contributed by atoms with van der Waals surface area (Å²) in [5.41, 5.74) is 4.06. The summed E-state index contributed by atoms with van der Waals surface area (Å²) in [6.45, 7) is 4.12. The van der Waals surface area contributed by atoms with Gasteiger partial charge in [0.1, 0.15) is 0 Å². The molecule has 8 nitrogen and oxygen atoms in total. The van der Waals surface area contributed by atoms with Crippen LogP contribution in [0.15, 0.2) is 60.7 Å². The Morgan fingerprint density at radius 2 is 1.74 bits per heavy atom. The lowest BCUT2D eigenvalue weighted by Gasteiger charge is -2.16. The summed E-state index contributed by atoms with van der Waals surface area (Å²) in [5.74, 6) is -1.60. The van der Waals surface area contributed by atoms with Crippen LogP contribution >= 0.6 is 0 Å². The van der Waals surface area contributed by atoms with Crippen molar-refractivity contribution in [1.82, 2.24) is 14.7 Å². The molecule has 2 amide bonds. The van der Waals surface area contributed by atoms with Crippen LogP contribution in [0, 0.1) is 19.8 Å². The minimum Gasteiger partial charge on any atom is -0.455 e. The molecule has 0 radical (unpaired) electrons. The zero-order valence-electron chi connectivity index (χ0n) is 19.4. The lowest BCUT2D eigenvalue weighted by molar-refractivity contribution is -0.151. The van der Waals surface area contributed by atoms with Crippen LogP contribution in [0.3, 0.4) is 0 Å². The smallest absolute Gasteiger partial charge is 0.311 e. The summed E-state index contributed by atoms with van der Waals surface area (Å²) in [6.07, 6.45) is 0.837. The Labute approximate surface area is 198 Å². The lowest BCUT2D eigenvalue weighted by atomic mass is 10.1. The highest BCUT2D eigenvalue weighted by atomic mass is 16.5. The van der Waals surface area contributed by atoms with Crippen LogP contribution in [0.1, 0.15) is 23.4 Å². The molecule has 176 valence electrons. The summed E-state index contributed by atoms with van der Waals surface area (Å²) in [5, 5.41) is 7.29. The SMILES string of the molecule is Cc1nn(-c2ccccc2)c(C)c1NC(=O)COC(=O)[C@@H]1CC(=O)N(CCc2ccccc2)C1. The average molecular weight is 461 g/mol. The Morgan fingerprint density at radius 3 is 2.44 bits per heavy atom. The Kier molecular flexibility index (Phi) is 7.06. The summed E-state index contributed by atoms with van der Waals surface area (Å²) in [7, 11) is 0.